The Kier molecular flexibility index (Phi) is 5.66. The first kappa shape index (κ1) is 18.3. The van der Waals surface area contributed by atoms with Crippen LogP contribution in [0.4, 0.5) is 0 Å². The molecule has 0 radical (unpaired) electrons. The normalized spacial score (nSPS) is 18.8. The van der Waals surface area contributed by atoms with Crippen molar-refractivity contribution in [3.05, 3.63) is 24.3 Å². The summed E-state index contributed by atoms with van der Waals surface area (Å²) >= 11 is 1.33. The molecule has 2 aliphatic heterocycles. The summed E-state index contributed by atoms with van der Waals surface area (Å²) in [6.07, 6.45) is 5.02. The smallest absolute Gasteiger partial charge is 0.257 e. The van der Waals surface area contributed by atoms with Gasteiger partial charge in [0.2, 0.25) is 11.8 Å². The van der Waals surface area contributed by atoms with Crippen molar-refractivity contribution >= 4 is 34.7 Å². The molecule has 2 fully saturated rings. The molecule has 0 spiro atoms. The van der Waals surface area contributed by atoms with Crippen molar-refractivity contribution < 1.29 is 14.0 Å². The molecule has 144 valence electrons. The van der Waals surface area contributed by atoms with Crippen LogP contribution in [0.2, 0.25) is 0 Å². The van der Waals surface area contributed by atoms with E-state index >= 15 is 0 Å². The maximum atomic E-state index is 12.6. The zero-order valence-electron chi connectivity index (χ0n) is 15.4. The summed E-state index contributed by atoms with van der Waals surface area (Å²) in [7, 11) is 0. The van der Waals surface area contributed by atoms with Crippen molar-refractivity contribution in [1.82, 2.24) is 14.8 Å². The van der Waals surface area contributed by atoms with E-state index in [1.165, 1.54) is 18.2 Å². The number of para-hydroxylation sites is 2. The second kappa shape index (κ2) is 8.33. The first-order valence-corrected chi connectivity index (χ1v) is 10.7. The van der Waals surface area contributed by atoms with Crippen LogP contribution in [0.1, 0.15) is 32.1 Å². The lowest BCUT2D eigenvalue weighted by atomic mass is 9.94. The third-order valence-corrected chi connectivity index (χ3v) is 6.27. The van der Waals surface area contributed by atoms with Gasteiger partial charge in [-0.2, -0.15) is 0 Å². The molecular weight excluding hydrogens is 362 g/mol. The van der Waals surface area contributed by atoms with Crippen molar-refractivity contribution in [2.45, 2.75) is 37.3 Å². The number of aromatic nitrogens is 1. The number of amides is 2. The molecule has 0 aliphatic carbocycles. The van der Waals surface area contributed by atoms with Crippen molar-refractivity contribution in [3.63, 3.8) is 0 Å². The predicted octanol–water partition coefficient (Wildman–Crippen LogP) is 3.17. The second-order valence-corrected chi connectivity index (χ2v) is 8.20. The van der Waals surface area contributed by atoms with Gasteiger partial charge in [-0.25, -0.2) is 4.98 Å². The van der Waals surface area contributed by atoms with E-state index in [1.807, 2.05) is 34.1 Å². The number of likely N-dealkylation sites (tertiary alicyclic amines) is 2. The maximum absolute atomic E-state index is 12.6. The van der Waals surface area contributed by atoms with Crippen molar-refractivity contribution in [2.75, 3.05) is 31.9 Å². The number of thioether (sulfide) groups is 1. The topological polar surface area (TPSA) is 66.7 Å². The number of hydrogen-bond acceptors (Lipinski definition) is 5. The molecule has 6 nitrogen and oxygen atoms in total. The highest BCUT2D eigenvalue weighted by atomic mass is 32.2. The quantitative estimate of drug-likeness (QED) is 0.754. The predicted molar refractivity (Wildman–Crippen MR) is 104 cm³/mol. The minimum atomic E-state index is 0.0804. The van der Waals surface area contributed by atoms with E-state index in [4.69, 9.17) is 4.42 Å². The zero-order chi connectivity index (χ0) is 18.6. The molecule has 0 unspecified atom stereocenters. The summed E-state index contributed by atoms with van der Waals surface area (Å²) in [6.45, 7) is 3.13. The molecule has 27 heavy (non-hydrogen) atoms. The number of piperidine rings is 2. The van der Waals surface area contributed by atoms with E-state index in [0.717, 1.165) is 49.9 Å². The highest BCUT2D eigenvalue weighted by Crippen LogP contribution is 2.25. The van der Waals surface area contributed by atoms with Gasteiger partial charge in [0.15, 0.2) is 5.58 Å². The highest BCUT2D eigenvalue weighted by Gasteiger charge is 2.30. The summed E-state index contributed by atoms with van der Waals surface area (Å²) in [5.74, 6) is 0.781. The van der Waals surface area contributed by atoms with Gasteiger partial charge in [-0.05, 0) is 44.2 Å². The molecule has 0 bridgehead atoms. The Labute approximate surface area is 163 Å². The number of carbonyl (C=O) groups excluding carboxylic acids is 2. The largest absolute Gasteiger partial charge is 0.431 e. The molecule has 1 aromatic heterocycles. The summed E-state index contributed by atoms with van der Waals surface area (Å²) < 4.78 is 5.65. The third-order valence-electron chi connectivity index (χ3n) is 5.46. The average Bonchev–Trinajstić information content (AvgIpc) is 3.15. The second-order valence-electron chi connectivity index (χ2n) is 7.28. The Morgan fingerprint density at radius 1 is 1.04 bits per heavy atom. The fourth-order valence-electron chi connectivity index (χ4n) is 3.88. The average molecular weight is 388 g/mol. The monoisotopic (exact) mass is 387 g/mol. The van der Waals surface area contributed by atoms with Gasteiger partial charge in [0.05, 0.1) is 5.75 Å². The van der Waals surface area contributed by atoms with Gasteiger partial charge in [0, 0.05) is 32.1 Å². The number of hydrogen-bond donors (Lipinski definition) is 0. The number of oxazole rings is 1. The summed E-state index contributed by atoms with van der Waals surface area (Å²) in [5, 5.41) is 0.528. The lowest BCUT2D eigenvalue weighted by Gasteiger charge is -2.35. The fraction of sp³-hybridized carbons (Fsp3) is 0.550. The summed E-state index contributed by atoms with van der Waals surface area (Å²) in [4.78, 5) is 33.4. The van der Waals surface area contributed by atoms with Gasteiger partial charge >= 0.3 is 0 Å². The minimum Gasteiger partial charge on any atom is -0.431 e. The van der Waals surface area contributed by atoms with E-state index in [0.29, 0.717) is 30.0 Å². The molecule has 0 atom stereocenters. The molecule has 7 heteroatoms. The van der Waals surface area contributed by atoms with Gasteiger partial charge in [0.25, 0.3) is 5.22 Å². The maximum Gasteiger partial charge on any atom is 0.257 e. The van der Waals surface area contributed by atoms with E-state index in [2.05, 4.69) is 4.98 Å². The fourth-order valence-corrected chi connectivity index (χ4v) is 4.62. The van der Waals surface area contributed by atoms with Gasteiger partial charge < -0.3 is 14.2 Å². The van der Waals surface area contributed by atoms with Crippen LogP contribution in [-0.4, -0.2) is 58.5 Å². The Morgan fingerprint density at radius 2 is 1.78 bits per heavy atom. The molecule has 0 saturated carbocycles. The Balaban J connectivity index is 1.25. The van der Waals surface area contributed by atoms with Gasteiger partial charge in [-0.1, -0.05) is 23.9 Å². The molecule has 2 amide bonds. The van der Waals surface area contributed by atoms with E-state index in [9.17, 15) is 9.59 Å². The van der Waals surface area contributed by atoms with Crippen LogP contribution < -0.4 is 0 Å². The highest BCUT2D eigenvalue weighted by molar-refractivity contribution is 7.99. The molecule has 2 aromatic rings. The Hall–Kier alpha value is -2.02. The lowest BCUT2D eigenvalue weighted by Crippen LogP contribution is -2.46. The van der Waals surface area contributed by atoms with Crippen molar-refractivity contribution in [1.29, 1.82) is 0 Å². The van der Waals surface area contributed by atoms with Crippen molar-refractivity contribution in [3.8, 4) is 0 Å². The van der Waals surface area contributed by atoms with E-state index in [-0.39, 0.29) is 11.8 Å². The summed E-state index contributed by atoms with van der Waals surface area (Å²) in [6, 6.07) is 7.59. The van der Waals surface area contributed by atoms with Crippen LogP contribution in [0.3, 0.4) is 0 Å². The molecule has 3 heterocycles. The van der Waals surface area contributed by atoms with Crippen LogP contribution in [0.25, 0.3) is 11.1 Å². The standard InChI is InChI=1S/C20H25N3O3S/c24-18(14-27-20-21-16-6-2-3-7-17(16)26-20)22-12-8-15(9-13-22)19(25)23-10-4-1-5-11-23/h2-3,6-7,15H,1,4-5,8-14H2. The SMILES string of the molecule is O=C(CSc1nc2ccccc2o1)N1CCC(C(=O)N2CCCCC2)CC1. The molecular formula is C20H25N3O3S. The Bertz CT molecular complexity index is 775. The zero-order valence-corrected chi connectivity index (χ0v) is 16.2. The number of rotatable bonds is 4. The number of nitrogens with zero attached hydrogens (tertiary/aromatic N) is 3. The van der Waals surface area contributed by atoms with Crippen LogP contribution in [-0.2, 0) is 9.59 Å². The van der Waals surface area contributed by atoms with Crippen LogP contribution in [0.15, 0.2) is 33.9 Å². The Morgan fingerprint density at radius 3 is 2.52 bits per heavy atom. The first-order chi connectivity index (χ1) is 13.2. The van der Waals surface area contributed by atoms with Crippen LogP contribution >= 0.6 is 11.8 Å². The minimum absolute atomic E-state index is 0.0804. The van der Waals surface area contributed by atoms with Crippen LogP contribution in [0, 0.1) is 5.92 Å². The molecule has 4 rings (SSSR count). The molecule has 0 N–H and O–H groups in total. The van der Waals surface area contributed by atoms with Gasteiger partial charge in [-0.3, -0.25) is 9.59 Å². The first-order valence-electron chi connectivity index (χ1n) is 9.75. The molecule has 1 aromatic carbocycles. The van der Waals surface area contributed by atoms with E-state index in [1.54, 1.807) is 0 Å². The molecule has 2 saturated heterocycles. The number of benzene rings is 1. The van der Waals surface area contributed by atoms with Crippen molar-refractivity contribution in [2.24, 2.45) is 5.92 Å². The third kappa shape index (κ3) is 4.29. The van der Waals surface area contributed by atoms with Gasteiger partial charge in [-0.15, -0.1) is 0 Å². The van der Waals surface area contributed by atoms with Gasteiger partial charge in [0.1, 0.15) is 5.52 Å². The van der Waals surface area contributed by atoms with E-state index < -0.39 is 0 Å². The number of fused-ring (bicyclic) bond motifs is 1. The van der Waals surface area contributed by atoms with Crippen LogP contribution in [0.5, 0.6) is 0 Å². The molecule has 2 aliphatic rings. The number of carbonyl (C=O) groups is 2. The lowest BCUT2D eigenvalue weighted by molar-refractivity contribution is -0.140. The summed E-state index contributed by atoms with van der Waals surface area (Å²) in [5.41, 5.74) is 1.55.